The molecule has 1 aromatic rings. The fourth-order valence-electron chi connectivity index (χ4n) is 2.15. The zero-order chi connectivity index (χ0) is 14.8. The lowest BCUT2D eigenvalue weighted by atomic mass is 10.3. The highest BCUT2D eigenvalue weighted by Crippen LogP contribution is 2.26. The van der Waals surface area contributed by atoms with E-state index in [1.165, 1.54) is 31.0 Å². The lowest BCUT2D eigenvalue weighted by Gasteiger charge is -2.19. The lowest BCUT2D eigenvalue weighted by Crippen LogP contribution is -2.36. The van der Waals surface area contributed by atoms with Crippen molar-refractivity contribution in [2.45, 2.75) is 30.7 Å². The summed E-state index contributed by atoms with van der Waals surface area (Å²) in [4.78, 5) is 2.34. The van der Waals surface area contributed by atoms with Gasteiger partial charge in [0.25, 0.3) is 0 Å². The highest BCUT2D eigenvalue weighted by molar-refractivity contribution is 7.89. The van der Waals surface area contributed by atoms with E-state index < -0.39 is 10.0 Å². The van der Waals surface area contributed by atoms with Crippen LogP contribution in [0, 0.1) is 0 Å². The van der Waals surface area contributed by atoms with Crippen LogP contribution < -0.4 is 10.5 Å². The van der Waals surface area contributed by atoms with Crippen LogP contribution in [0.3, 0.4) is 0 Å². The van der Waals surface area contributed by atoms with Crippen LogP contribution in [0.5, 0.6) is 5.75 Å². The van der Waals surface area contributed by atoms with Gasteiger partial charge in [0, 0.05) is 19.1 Å². The van der Waals surface area contributed by atoms with Crippen LogP contribution in [0.15, 0.2) is 23.1 Å². The van der Waals surface area contributed by atoms with Gasteiger partial charge in [-0.3, -0.25) is 4.90 Å². The summed E-state index contributed by atoms with van der Waals surface area (Å²) in [5, 5.41) is 9.31. The molecule has 0 radical (unpaired) electrons. The predicted molar refractivity (Wildman–Crippen MR) is 78.0 cm³/mol. The van der Waals surface area contributed by atoms with Crippen molar-refractivity contribution < 1.29 is 13.5 Å². The van der Waals surface area contributed by atoms with E-state index in [1.54, 1.807) is 0 Å². The van der Waals surface area contributed by atoms with E-state index in [2.05, 4.69) is 16.5 Å². The van der Waals surface area contributed by atoms with Gasteiger partial charge in [0.1, 0.15) is 5.75 Å². The average Bonchev–Trinajstić information content (AvgIpc) is 3.22. The number of hydrogen-bond donors (Lipinski definition) is 3. The molecule has 1 aliphatic carbocycles. The van der Waals surface area contributed by atoms with E-state index >= 15 is 0 Å². The Bertz CT molecular complexity index is 570. The molecule has 0 unspecified atom stereocenters. The molecule has 0 spiro atoms. The molecule has 4 N–H and O–H groups in total. The fraction of sp³-hybridized carbons (Fsp3) is 0.538. The molecule has 0 atom stereocenters. The number of nitrogens with two attached hydrogens (primary N) is 1. The van der Waals surface area contributed by atoms with E-state index in [0.717, 1.165) is 6.54 Å². The Kier molecular flexibility index (Phi) is 4.52. The van der Waals surface area contributed by atoms with E-state index in [9.17, 15) is 13.5 Å². The second-order valence-electron chi connectivity index (χ2n) is 4.98. The molecule has 0 heterocycles. The number of anilines is 1. The minimum absolute atomic E-state index is 0.0565. The Morgan fingerprint density at radius 2 is 2.15 bits per heavy atom. The van der Waals surface area contributed by atoms with Crippen molar-refractivity contribution in [3.63, 3.8) is 0 Å². The second kappa shape index (κ2) is 5.99. The summed E-state index contributed by atoms with van der Waals surface area (Å²) in [6.45, 7) is 4.08. The highest BCUT2D eigenvalue weighted by atomic mass is 32.2. The molecule has 0 aliphatic heterocycles. The Labute approximate surface area is 119 Å². The molecule has 1 aromatic carbocycles. The van der Waals surface area contributed by atoms with Gasteiger partial charge in [0.15, 0.2) is 0 Å². The summed E-state index contributed by atoms with van der Waals surface area (Å²) < 4.78 is 26.7. The van der Waals surface area contributed by atoms with E-state index in [4.69, 9.17) is 5.73 Å². The van der Waals surface area contributed by atoms with Gasteiger partial charge in [0.2, 0.25) is 10.0 Å². The molecule has 2 rings (SSSR count). The molecule has 6 nitrogen and oxygen atoms in total. The van der Waals surface area contributed by atoms with Crippen molar-refractivity contribution in [2.75, 3.05) is 25.4 Å². The topological polar surface area (TPSA) is 95.7 Å². The van der Waals surface area contributed by atoms with Crippen LogP contribution >= 0.6 is 0 Å². The number of phenols is 1. The van der Waals surface area contributed by atoms with Crippen LogP contribution in [0.1, 0.15) is 19.8 Å². The van der Waals surface area contributed by atoms with Crippen LogP contribution in [-0.4, -0.2) is 44.1 Å². The zero-order valence-corrected chi connectivity index (χ0v) is 12.4. The number of aromatic hydroxyl groups is 1. The van der Waals surface area contributed by atoms with Gasteiger partial charge in [-0.15, -0.1) is 0 Å². The molecule has 1 saturated carbocycles. The molecule has 0 amide bonds. The van der Waals surface area contributed by atoms with Crippen molar-refractivity contribution in [2.24, 2.45) is 0 Å². The Morgan fingerprint density at radius 3 is 2.70 bits per heavy atom. The Balaban J connectivity index is 1.94. The molecule has 1 aliphatic rings. The van der Waals surface area contributed by atoms with Crippen LogP contribution in [0.4, 0.5) is 5.69 Å². The number of sulfonamides is 1. The number of likely N-dealkylation sites (N-methyl/N-ethyl adjacent to an activating group) is 1. The highest BCUT2D eigenvalue weighted by Gasteiger charge is 2.27. The number of phenolic OH excluding ortho intramolecular Hbond substituents is 1. The number of hydrogen-bond acceptors (Lipinski definition) is 5. The SMILES string of the molecule is CCN(CCNS(=O)(=O)c1ccc(O)c(N)c1)C1CC1. The first kappa shape index (κ1) is 15.1. The van der Waals surface area contributed by atoms with Gasteiger partial charge in [-0.2, -0.15) is 0 Å². The third-order valence-electron chi connectivity index (χ3n) is 3.47. The van der Waals surface area contributed by atoms with Gasteiger partial charge in [-0.05, 0) is 37.6 Å². The average molecular weight is 299 g/mol. The normalized spacial score (nSPS) is 15.7. The van der Waals surface area contributed by atoms with Crippen molar-refractivity contribution in [1.29, 1.82) is 0 Å². The molecule has 1 fully saturated rings. The molecule has 0 saturated heterocycles. The van der Waals surface area contributed by atoms with Gasteiger partial charge in [-0.25, -0.2) is 13.1 Å². The quantitative estimate of drug-likeness (QED) is 0.510. The van der Waals surface area contributed by atoms with Crippen molar-refractivity contribution in [3.05, 3.63) is 18.2 Å². The van der Waals surface area contributed by atoms with E-state index in [1.807, 2.05) is 0 Å². The number of rotatable bonds is 7. The molecule has 7 heteroatoms. The van der Waals surface area contributed by atoms with E-state index in [-0.39, 0.29) is 16.3 Å². The first-order chi connectivity index (χ1) is 9.44. The summed E-state index contributed by atoms with van der Waals surface area (Å²) >= 11 is 0. The van der Waals surface area contributed by atoms with Crippen LogP contribution in [0.2, 0.25) is 0 Å². The third-order valence-corrected chi connectivity index (χ3v) is 4.93. The number of nitrogens with zero attached hydrogens (tertiary/aromatic N) is 1. The zero-order valence-electron chi connectivity index (χ0n) is 11.5. The number of nitrogens with one attached hydrogen (secondary N) is 1. The Morgan fingerprint density at radius 1 is 1.45 bits per heavy atom. The summed E-state index contributed by atoms with van der Waals surface area (Å²) in [5.41, 5.74) is 5.57. The monoisotopic (exact) mass is 299 g/mol. The van der Waals surface area contributed by atoms with Crippen molar-refractivity contribution >= 4 is 15.7 Å². The molecule has 112 valence electrons. The Hall–Kier alpha value is -1.31. The number of benzene rings is 1. The lowest BCUT2D eigenvalue weighted by molar-refractivity contribution is 0.282. The minimum atomic E-state index is -3.58. The molecular formula is C13H21N3O3S. The third kappa shape index (κ3) is 3.62. The fourth-order valence-corrected chi connectivity index (χ4v) is 3.20. The van der Waals surface area contributed by atoms with Gasteiger partial charge in [-0.1, -0.05) is 6.92 Å². The smallest absolute Gasteiger partial charge is 0.240 e. The molecule has 20 heavy (non-hydrogen) atoms. The number of nitrogen functional groups attached to an aromatic ring is 1. The maximum atomic E-state index is 12.1. The predicted octanol–water partition coefficient (Wildman–Crippen LogP) is 0.737. The maximum absolute atomic E-state index is 12.1. The van der Waals surface area contributed by atoms with Crippen LogP contribution in [0.25, 0.3) is 0 Å². The van der Waals surface area contributed by atoms with Crippen molar-refractivity contribution in [3.8, 4) is 5.75 Å². The van der Waals surface area contributed by atoms with Gasteiger partial charge >= 0.3 is 0 Å². The molecule has 0 aromatic heterocycles. The first-order valence-corrected chi connectivity index (χ1v) is 8.24. The van der Waals surface area contributed by atoms with Gasteiger partial charge in [0.05, 0.1) is 10.6 Å². The summed E-state index contributed by atoms with van der Waals surface area (Å²) in [7, 11) is -3.58. The minimum Gasteiger partial charge on any atom is -0.506 e. The second-order valence-corrected chi connectivity index (χ2v) is 6.75. The summed E-state index contributed by atoms with van der Waals surface area (Å²) in [6, 6.07) is 4.50. The largest absolute Gasteiger partial charge is 0.506 e. The summed E-state index contributed by atoms with van der Waals surface area (Å²) in [5.74, 6) is -0.116. The maximum Gasteiger partial charge on any atom is 0.240 e. The van der Waals surface area contributed by atoms with E-state index in [0.29, 0.717) is 19.1 Å². The molecule has 0 bridgehead atoms. The molecular weight excluding hydrogens is 278 g/mol. The standard InChI is InChI=1S/C13H21N3O3S/c1-2-16(10-3-4-10)8-7-15-20(18,19)11-5-6-13(17)12(14)9-11/h5-6,9-10,15,17H,2-4,7-8,14H2,1H3. The first-order valence-electron chi connectivity index (χ1n) is 6.76. The summed E-state index contributed by atoms with van der Waals surface area (Å²) in [6.07, 6.45) is 2.41. The van der Waals surface area contributed by atoms with Crippen LogP contribution in [-0.2, 0) is 10.0 Å². The van der Waals surface area contributed by atoms with Crippen molar-refractivity contribution in [1.82, 2.24) is 9.62 Å². The van der Waals surface area contributed by atoms with Gasteiger partial charge < -0.3 is 10.8 Å².